The topological polar surface area (TPSA) is 32.3 Å². The van der Waals surface area contributed by atoms with Crippen molar-refractivity contribution >= 4 is 22.6 Å². The summed E-state index contributed by atoms with van der Waals surface area (Å²) in [5.41, 5.74) is 2.24. The zero-order valence-corrected chi connectivity index (χ0v) is 11.9. The van der Waals surface area contributed by atoms with Crippen LogP contribution in [0, 0.1) is 11.8 Å². The molecule has 0 aliphatic carbocycles. The molecule has 1 heterocycles. The summed E-state index contributed by atoms with van der Waals surface area (Å²) >= 11 is 1.25. The number of benzene rings is 1. The number of hydrogen-bond acceptors (Lipinski definition) is 4. The normalized spacial score (nSPS) is 14.7. The highest BCUT2D eigenvalue weighted by Crippen LogP contribution is 2.16. The van der Waals surface area contributed by atoms with E-state index in [-0.39, 0.29) is 5.12 Å². The van der Waals surface area contributed by atoms with Gasteiger partial charge in [0.25, 0.3) is 0 Å². The minimum atomic E-state index is 0.115. The molecule has 4 heteroatoms. The van der Waals surface area contributed by atoms with Gasteiger partial charge in [0.1, 0.15) is 0 Å². The molecule has 0 unspecified atom stereocenters. The van der Waals surface area contributed by atoms with Crippen LogP contribution in [0.2, 0.25) is 0 Å². The van der Waals surface area contributed by atoms with Gasteiger partial charge in [0.2, 0.25) is 0 Å². The van der Waals surface area contributed by atoms with Crippen LogP contribution in [0.15, 0.2) is 24.3 Å². The van der Waals surface area contributed by atoms with Crippen molar-refractivity contribution in [2.45, 2.75) is 6.92 Å². The maximum atomic E-state index is 10.8. The van der Waals surface area contributed by atoms with Crippen LogP contribution in [0.25, 0.3) is 0 Å². The Morgan fingerprint density at radius 1 is 1.42 bits per heavy atom. The Bertz CT molecular complexity index is 498. The molecule has 0 amide bonds. The lowest BCUT2D eigenvalue weighted by Gasteiger charge is -2.29. The fourth-order valence-electron chi connectivity index (χ4n) is 1.98. The van der Waals surface area contributed by atoms with Crippen LogP contribution in [0.3, 0.4) is 0 Å². The Kier molecular flexibility index (Phi) is 5.31. The number of nitrogens with one attached hydrogen (secondary N) is 1. The molecule has 0 spiro atoms. The molecule has 1 saturated heterocycles. The zero-order valence-electron chi connectivity index (χ0n) is 11.1. The number of piperazine rings is 1. The van der Waals surface area contributed by atoms with Crippen molar-refractivity contribution in [3.8, 4) is 11.8 Å². The largest absolute Gasteiger partial charge is 0.369 e. The predicted molar refractivity (Wildman–Crippen MR) is 81.5 cm³/mol. The van der Waals surface area contributed by atoms with Gasteiger partial charge in [-0.25, -0.2) is 0 Å². The smallest absolute Gasteiger partial charge is 0.186 e. The molecule has 1 aliphatic heterocycles. The molecule has 0 bridgehead atoms. The van der Waals surface area contributed by atoms with E-state index in [1.165, 1.54) is 17.4 Å². The first kappa shape index (κ1) is 14.0. The minimum absolute atomic E-state index is 0.115. The molecule has 1 aromatic rings. The second-order valence-electron chi connectivity index (χ2n) is 4.37. The third kappa shape index (κ3) is 4.62. The molecule has 1 N–H and O–H groups in total. The van der Waals surface area contributed by atoms with E-state index >= 15 is 0 Å². The van der Waals surface area contributed by atoms with Gasteiger partial charge in [-0.15, -0.1) is 0 Å². The van der Waals surface area contributed by atoms with Gasteiger partial charge >= 0.3 is 0 Å². The van der Waals surface area contributed by atoms with Crippen LogP contribution in [-0.2, 0) is 4.79 Å². The molecule has 1 fully saturated rings. The van der Waals surface area contributed by atoms with Gasteiger partial charge < -0.3 is 10.2 Å². The Labute approximate surface area is 118 Å². The molecule has 2 rings (SSSR count). The van der Waals surface area contributed by atoms with Gasteiger partial charge in [-0.3, -0.25) is 4.79 Å². The second-order valence-corrected chi connectivity index (χ2v) is 5.52. The molecule has 0 atom stereocenters. The number of carbonyl (C=O) groups is 1. The maximum Gasteiger partial charge on any atom is 0.186 e. The molecule has 100 valence electrons. The molecule has 1 aromatic carbocycles. The van der Waals surface area contributed by atoms with Crippen LogP contribution < -0.4 is 10.2 Å². The quantitative estimate of drug-likeness (QED) is 0.833. The van der Waals surface area contributed by atoms with Gasteiger partial charge in [-0.2, -0.15) is 0 Å². The first-order valence-corrected chi connectivity index (χ1v) is 7.42. The lowest BCUT2D eigenvalue weighted by molar-refractivity contribution is -0.109. The van der Waals surface area contributed by atoms with Crippen molar-refractivity contribution in [1.82, 2.24) is 5.32 Å². The standard InChI is InChI=1S/C15H18N2OS/c1-13(18)19-11-3-5-14-4-2-6-15(12-14)17-9-7-16-8-10-17/h2,4,6,12,16H,7-11H2,1H3. The Balaban J connectivity index is 2.00. The van der Waals surface area contributed by atoms with Crippen LogP contribution in [-0.4, -0.2) is 37.0 Å². The average Bonchev–Trinajstić information content (AvgIpc) is 2.45. The fourth-order valence-corrected chi connectivity index (χ4v) is 2.33. The zero-order chi connectivity index (χ0) is 13.5. The van der Waals surface area contributed by atoms with E-state index in [0.717, 1.165) is 31.7 Å². The first-order valence-electron chi connectivity index (χ1n) is 6.44. The second kappa shape index (κ2) is 7.22. The lowest BCUT2D eigenvalue weighted by Crippen LogP contribution is -2.43. The summed E-state index contributed by atoms with van der Waals surface area (Å²) in [6, 6.07) is 8.30. The molecule has 3 nitrogen and oxygen atoms in total. The van der Waals surface area contributed by atoms with Crippen molar-refractivity contribution in [3.05, 3.63) is 29.8 Å². The Hall–Kier alpha value is -1.44. The van der Waals surface area contributed by atoms with Crippen molar-refractivity contribution in [2.75, 3.05) is 36.8 Å². The number of nitrogens with zero attached hydrogens (tertiary/aromatic N) is 1. The highest BCUT2D eigenvalue weighted by atomic mass is 32.2. The van der Waals surface area contributed by atoms with Gasteiger partial charge in [-0.1, -0.05) is 29.7 Å². The Morgan fingerprint density at radius 3 is 2.95 bits per heavy atom. The molecule has 0 radical (unpaired) electrons. The summed E-state index contributed by atoms with van der Waals surface area (Å²) in [5.74, 6) is 6.70. The molecule has 19 heavy (non-hydrogen) atoms. The molecule has 0 aromatic heterocycles. The number of hydrogen-bond donors (Lipinski definition) is 1. The summed E-state index contributed by atoms with van der Waals surface area (Å²) in [6.45, 7) is 5.71. The summed E-state index contributed by atoms with van der Waals surface area (Å²) in [6.07, 6.45) is 0. The van der Waals surface area contributed by atoms with E-state index in [4.69, 9.17) is 0 Å². The molecule has 1 aliphatic rings. The maximum absolute atomic E-state index is 10.8. The van der Waals surface area contributed by atoms with Crippen LogP contribution >= 0.6 is 11.8 Å². The number of carbonyl (C=O) groups excluding carboxylic acids is 1. The summed E-state index contributed by atoms with van der Waals surface area (Å²) < 4.78 is 0. The number of anilines is 1. The van der Waals surface area contributed by atoms with Gasteiger partial charge in [0, 0.05) is 44.4 Å². The van der Waals surface area contributed by atoms with E-state index in [9.17, 15) is 4.79 Å². The number of thioether (sulfide) groups is 1. The number of rotatable bonds is 2. The third-order valence-electron chi connectivity index (χ3n) is 2.91. The third-order valence-corrected chi connectivity index (χ3v) is 3.60. The lowest BCUT2D eigenvalue weighted by atomic mass is 10.2. The Morgan fingerprint density at radius 2 is 2.21 bits per heavy atom. The van der Waals surface area contributed by atoms with E-state index in [2.05, 4.69) is 34.2 Å². The van der Waals surface area contributed by atoms with Crippen molar-refractivity contribution in [2.24, 2.45) is 0 Å². The van der Waals surface area contributed by atoms with Gasteiger partial charge in [-0.05, 0) is 18.2 Å². The first-order chi connectivity index (χ1) is 9.25. The summed E-state index contributed by atoms with van der Waals surface area (Å²) in [5, 5.41) is 3.46. The van der Waals surface area contributed by atoms with E-state index < -0.39 is 0 Å². The highest BCUT2D eigenvalue weighted by Gasteiger charge is 2.09. The minimum Gasteiger partial charge on any atom is -0.369 e. The monoisotopic (exact) mass is 274 g/mol. The van der Waals surface area contributed by atoms with Gasteiger partial charge in [0.15, 0.2) is 5.12 Å². The van der Waals surface area contributed by atoms with E-state index in [1.54, 1.807) is 6.92 Å². The van der Waals surface area contributed by atoms with E-state index in [1.807, 2.05) is 12.1 Å². The average molecular weight is 274 g/mol. The van der Waals surface area contributed by atoms with Crippen LogP contribution in [0.1, 0.15) is 12.5 Å². The molecular formula is C15H18N2OS. The molecule has 0 saturated carbocycles. The summed E-state index contributed by atoms with van der Waals surface area (Å²) in [4.78, 5) is 13.2. The highest BCUT2D eigenvalue weighted by molar-refractivity contribution is 8.13. The van der Waals surface area contributed by atoms with Crippen LogP contribution in [0.5, 0.6) is 0 Å². The van der Waals surface area contributed by atoms with E-state index in [0.29, 0.717) is 5.75 Å². The predicted octanol–water partition coefficient (Wildman–Crippen LogP) is 1.73. The molecular weight excluding hydrogens is 256 g/mol. The van der Waals surface area contributed by atoms with Crippen molar-refractivity contribution < 1.29 is 4.79 Å². The SMILES string of the molecule is CC(=O)SCC#Cc1cccc(N2CCNCC2)c1. The van der Waals surface area contributed by atoms with Crippen molar-refractivity contribution in [1.29, 1.82) is 0 Å². The van der Waals surface area contributed by atoms with Crippen LogP contribution in [0.4, 0.5) is 5.69 Å². The summed E-state index contributed by atoms with van der Waals surface area (Å²) in [7, 11) is 0. The fraction of sp³-hybridized carbons (Fsp3) is 0.400. The van der Waals surface area contributed by atoms with Crippen molar-refractivity contribution in [3.63, 3.8) is 0 Å². The van der Waals surface area contributed by atoms with Gasteiger partial charge in [0.05, 0.1) is 5.75 Å².